The molecule has 13 heavy (non-hydrogen) atoms. The van der Waals surface area contributed by atoms with Gasteiger partial charge in [0.15, 0.2) is 16.6 Å². The molecule has 0 aliphatic carbocycles. The van der Waals surface area contributed by atoms with Crippen molar-refractivity contribution in [1.82, 2.24) is 9.97 Å². The average molecular weight is 261 g/mol. The standard InChI is InChI=1S/C8H3BrClFN2/c9-5-1-4-2-6(11)7(10)13-8(4)12-3-5/h1-3H. The molecule has 0 aliphatic heterocycles. The van der Waals surface area contributed by atoms with Crippen LogP contribution in [0.4, 0.5) is 4.39 Å². The van der Waals surface area contributed by atoms with Crippen molar-refractivity contribution in [1.29, 1.82) is 0 Å². The minimum absolute atomic E-state index is 0.151. The molecule has 0 bridgehead atoms. The number of rotatable bonds is 0. The van der Waals surface area contributed by atoms with Crippen molar-refractivity contribution >= 4 is 38.6 Å². The molecule has 0 N–H and O–H groups in total. The van der Waals surface area contributed by atoms with Gasteiger partial charge in [0, 0.05) is 16.1 Å². The Morgan fingerprint density at radius 3 is 2.92 bits per heavy atom. The summed E-state index contributed by atoms with van der Waals surface area (Å²) in [6.07, 6.45) is 1.59. The van der Waals surface area contributed by atoms with E-state index >= 15 is 0 Å². The lowest BCUT2D eigenvalue weighted by molar-refractivity contribution is 0.624. The van der Waals surface area contributed by atoms with Crippen molar-refractivity contribution in [2.45, 2.75) is 0 Å². The van der Waals surface area contributed by atoms with Crippen molar-refractivity contribution in [3.05, 3.63) is 33.8 Å². The van der Waals surface area contributed by atoms with Gasteiger partial charge < -0.3 is 0 Å². The van der Waals surface area contributed by atoms with E-state index in [-0.39, 0.29) is 5.15 Å². The molecule has 0 aromatic carbocycles. The second kappa shape index (κ2) is 3.20. The summed E-state index contributed by atoms with van der Waals surface area (Å²) in [4.78, 5) is 7.75. The first-order chi connectivity index (χ1) is 6.16. The normalized spacial score (nSPS) is 10.7. The maximum Gasteiger partial charge on any atom is 0.167 e. The van der Waals surface area contributed by atoms with Crippen LogP contribution in [0, 0.1) is 5.82 Å². The van der Waals surface area contributed by atoms with Crippen molar-refractivity contribution in [2.24, 2.45) is 0 Å². The smallest absolute Gasteiger partial charge is 0.167 e. The zero-order valence-electron chi connectivity index (χ0n) is 6.26. The van der Waals surface area contributed by atoms with Crippen molar-refractivity contribution in [3.63, 3.8) is 0 Å². The number of hydrogen-bond donors (Lipinski definition) is 0. The Morgan fingerprint density at radius 2 is 2.15 bits per heavy atom. The highest BCUT2D eigenvalue weighted by Gasteiger charge is 2.04. The molecule has 2 heterocycles. The van der Waals surface area contributed by atoms with Gasteiger partial charge in [0.2, 0.25) is 0 Å². The van der Waals surface area contributed by atoms with Crippen LogP contribution in [0.3, 0.4) is 0 Å². The predicted octanol–water partition coefficient (Wildman–Crippen LogP) is 3.18. The highest BCUT2D eigenvalue weighted by molar-refractivity contribution is 9.10. The number of halogens is 3. The first-order valence-electron chi connectivity index (χ1n) is 3.44. The van der Waals surface area contributed by atoms with E-state index in [0.717, 1.165) is 4.47 Å². The monoisotopic (exact) mass is 260 g/mol. The van der Waals surface area contributed by atoms with Crippen LogP contribution in [0.15, 0.2) is 22.8 Å². The molecule has 2 aromatic heterocycles. The number of nitrogens with zero attached hydrogens (tertiary/aromatic N) is 2. The van der Waals surface area contributed by atoms with E-state index in [2.05, 4.69) is 25.9 Å². The van der Waals surface area contributed by atoms with Crippen LogP contribution in [0.1, 0.15) is 0 Å². The lowest BCUT2D eigenvalue weighted by Crippen LogP contribution is -1.87. The van der Waals surface area contributed by atoms with Crippen molar-refractivity contribution in [2.75, 3.05) is 0 Å². The molecule has 0 fully saturated rings. The summed E-state index contributed by atoms with van der Waals surface area (Å²) < 4.78 is 13.7. The molecule has 0 atom stereocenters. The van der Waals surface area contributed by atoms with Gasteiger partial charge in [-0.2, -0.15) is 0 Å². The topological polar surface area (TPSA) is 25.8 Å². The molecular weight excluding hydrogens is 258 g/mol. The van der Waals surface area contributed by atoms with Gasteiger partial charge in [-0.25, -0.2) is 14.4 Å². The lowest BCUT2D eigenvalue weighted by atomic mass is 10.3. The molecule has 2 aromatic rings. The fourth-order valence-electron chi connectivity index (χ4n) is 0.990. The van der Waals surface area contributed by atoms with E-state index in [1.807, 2.05) is 0 Å². The Morgan fingerprint density at radius 1 is 1.38 bits per heavy atom. The lowest BCUT2D eigenvalue weighted by Gasteiger charge is -1.98. The third-order valence-electron chi connectivity index (χ3n) is 1.55. The maximum atomic E-state index is 12.9. The highest BCUT2D eigenvalue weighted by atomic mass is 79.9. The molecule has 2 nitrogen and oxygen atoms in total. The van der Waals surface area contributed by atoms with Crippen molar-refractivity contribution < 1.29 is 4.39 Å². The largest absolute Gasteiger partial charge is 0.235 e. The molecule has 0 amide bonds. The summed E-state index contributed by atoms with van der Waals surface area (Å²) in [5, 5.41) is 0.471. The van der Waals surface area contributed by atoms with Gasteiger partial charge >= 0.3 is 0 Å². The van der Waals surface area contributed by atoms with Crippen LogP contribution in [-0.2, 0) is 0 Å². The first kappa shape index (κ1) is 8.84. The summed E-state index contributed by atoms with van der Waals surface area (Å²) in [6.45, 7) is 0. The minimum Gasteiger partial charge on any atom is -0.235 e. The van der Waals surface area contributed by atoms with Gasteiger partial charge in [-0.05, 0) is 28.1 Å². The molecule has 0 spiro atoms. The molecule has 66 valence electrons. The number of aromatic nitrogens is 2. The Hall–Kier alpha value is -0.740. The summed E-state index contributed by atoms with van der Waals surface area (Å²) >= 11 is 8.72. The third kappa shape index (κ3) is 1.64. The van der Waals surface area contributed by atoms with E-state index in [0.29, 0.717) is 11.0 Å². The van der Waals surface area contributed by atoms with Crippen LogP contribution >= 0.6 is 27.5 Å². The van der Waals surface area contributed by atoms with Gasteiger partial charge in [0.1, 0.15) is 0 Å². The summed E-state index contributed by atoms with van der Waals surface area (Å²) in [5.41, 5.74) is 0.439. The quantitative estimate of drug-likeness (QED) is 0.681. The van der Waals surface area contributed by atoms with E-state index in [1.165, 1.54) is 6.07 Å². The number of fused-ring (bicyclic) bond motifs is 1. The highest BCUT2D eigenvalue weighted by Crippen LogP contribution is 2.20. The second-order valence-corrected chi connectivity index (χ2v) is 3.73. The molecule has 2 rings (SSSR count). The molecular formula is C8H3BrClFN2. The summed E-state index contributed by atoms with van der Waals surface area (Å²) in [5.74, 6) is -0.533. The predicted molar refractivity (Wildman–Crippen MR) is 52.2 cm³/mol. The average Bonchev–Trinajstić information content (AvgIpc) is 2.08. The van der Waals surface area contributed by atoms with Crippen LogP contribution in [0.5, 0.6) is 0 Å². The van der Waals surface area contributed by atoms with Crippen LogP contribution < -0.4 is 0 Å². The summed E-state index contributed by atoms with van der Waals surface area (Å²) in [6, 6.07) is 3.04. The Labute approximate surface area is 86.9 Å². The van der Waals surface area contributed by atoms with Gasteiger partial charge in [0.25, 0.3) is 0 Å². The van der Waals surface area contributed by atoms with Gasteiger partial charge in [-0.1, -0.05) is 11.6 Å². The second-order valence-electron chi connectivity index (χ2n) is 2.46. The summed E-state index contributed by atoms with van der Waals surface area (Å²) in [7, 11) is 0. The minimum atomic E-state index is -0.533. The molecule has 0 saturated heterocycles. The molecule has 0 unspecified atom stereocenters. The van der Waals surface area contributed by atoms with E-state index in [1.54, 1.807) is 12.3 Å². The fraction of sp³-hybridized carbons (Fsp3) is 0. The fourth-order valence-corrected chi connectivity index (χ4v) is 1.47. The molecule has 0 saturated carbocycles. The molecule has 0 aliphatic rings. The SMILES string of the molecule is Fc1cc2cc(Br)cnc2nc1Cl. The maximum absolute atomic E-state index is 12.9. The van der Waals surface area contributed by atoms with Crippen LogP contribution in [0.2, 0.25) is 5.15 Å². The van der Waals surface area contributed by atoms with E-state index in [4.69, 9.17) is 11.6 Å². The molecule has 0 radical (unpaired) electrons. The van der Waals surface area contributed by atoms with Gasteiger partial charge in [-0.15, -0.1) is 0 Å². The van der Waals surface area contributed by atoms with Crippen LogP contribution in [-0.4, -0.2) is 9.97 Å². The van der Waals surface area contributed by atoms with Crippen molar-refractivity contribution in [3.8, 4) is 0 Å². The zero-order valence-corrected chi connectivity index (χ0v) is 8.60. The number of pyridine rings is 2. The zero-order chi connectivity index (χ0) is 9.42. The number of hydrogen-bond acceptors (Lipinski definition) is 2. The Kier molecular flexibility index (Phi) is 2.17. The Balaban J connectivity index is 2.81. The van der Waals surface area contributed by atoms with Crippen LogP contribution in [0.25, 0.3) is 11.0 Å². The van der Waals surface area contributed by atoms with Gasteiger partial charge in [-0.3, -0.25) is 0 Å². The van der Waals surface area contributed by atoms with E-state index in [9.17, 15) is 4.39 Å². The third-order valence-corrected chi connectivity index (χ3v) is 2.24. The van der Waals surface area contributed by atoms with Gasteiger partial charge in [0.05, 0.1) is 0 Å². The van der Waals surface area contributed by atoms with E-state index < -0.39 is 5.82 Å². The first-order valence-corrected chi connectivity index (χ1v) is 4.61. The molecule has 5 heteroatoms. The Bertz CT molecular complexity index is 475.